The largest absolute Gasteiger partial charge is 0.464 e. The van der Waals surface area contributed by atoms with E-state index in [0.29, 0.717) is 5.89 Å². The summed E-state index contributed by atoms with van der Waals surface area (Å²) in [5, 5.41) is 0. The molecular formula is C12H15NO5. The van der Waals surface area contributed by atoms with Crippen molar-refractivity contribution in [3.05, 3.63) is 17.3 Å². The third kappa shape index (κ3) is 2.23. The molecule has 98 valence electrons. The predicted molar refractivity (Wildman–Crippen MR) is 60.4 cm³/mol. The number of esters is 2. The smallest absolute Gasteiger partial charge is 0.376 e. The Labute approximate surface area is 104 Å². The van der Waals surface area contributed by atoms with Gasteiger partial charge >= 0.3 is 11.9 Å². The van der Waals surface area contributed by atoms with Gasteiger partial charge in [0.15, 0.2) is 5.89 Å². The van der Waals surface area contributed by atoms with Gasteiger partial charge in [0, 0.05) is 5.92 Å². The summed E-state index contributed by atoms with van der Waals surface area (Å²) in [5.74, 6) is -0.984. The molecule has 0 unspecified atom stereocenters. The highest BCUT2D eigenvalue weighted by molar-refractivity contribution is 5.99. The van der Waals surface area contributed by atoms with Crippen LogP contribution in [0.1, 0.15) is 58.5 Å². The molecule has 1 aromatic heterocycles. The van der Waals surface area contributed by atoms with Gasteiger partial charge in [-0.3, -0.25) is 0 Å². The number of rotatable bonds is 3. The van der Waals surface area contributed by atoms with Crippen LogP contribution in [-0.4, -0.2) is 31.1 Å². The number of carbonyl (C=O) groups excluding carboxylic acids is 2. The van der Waals surface area contributed by atoms with Gasteiger partial charge in [-0.15, -0.1) is 0 Å². The van der Waals surface area contributed by atoms with Crippen LogP contribution in [-0.2, 0) is 9.47 Å². The van der Waals surface area contributed by atoms with Crippen molar-refractivity contribution in [2.24, 2.45) is 0 Å². The first-order valence-corrected chi connectivity index (χ1v) is 5.84. The minimum Gasteiger partial charge on any atom is -0.464 e. The van der Waals surface area contributed by atoms with Crippen molar-refractivity contribution in [1.82, 2.24) is 4.98 Å². The molecule has 0 spiro atoms. The summed E-state index contributed by atoms with van der Waals surface area (Å²) in [6, 6.07) is 0. The molecule has 0 aromatic carbocycles. The van der Waals surface area contributed by atoms with Gasteiger partial charge in [0.05, 0.1) is 14.2 Å². The van der Waals surface area contributed by atoms with Crippen molar-refractivity contribution in [1.29, 1.82) is 0 Å². The predicted octanol–water partition coefficient (Wildman–Crippen LogP) is 1.91. The molecule has 0 aliphatic heterocycles. The van der Waals surface area contributed by atoms with E-state index in [2.05, 4.69) is 14.5 Å². The second kappa shape index (κ2) is 5.20. The van der Waals surface area contributed by atoms with E-state index >= 15 is 0 Å². The summed E-state index contributed by atoms with van der Waals surface area (Å²) < 4.78 is 14.5. The van der Waals surface area contributed by atoms with Crippen molar-refractivity contribution in [2.75, 3.05) is 14.2 Å². The van der Waals surface area contributed by atoms with Gasteiger partial charge in [-0.25, -0.2) is 14.6 Å². The fraction of sp³-hybridized carbons (Fsp3) is 0.583. The van der Waals surface area contributed by atoms with Gasteiger partial charge < -0.3 is 13.9 Å². The fourth-order valence-corrected chi connectivity index (χ4v) is 2.15. The van der Waals surface area contributed by atoms with Crippen LogP contribution in [0.3, 0.4) is 0 Å². The van der Waals surface area contributed by atoms with Gasteiger partial charge in [-0.2, -0.15) is 0 Å². The summed E-state index contributed by atoms with van der Waals surface area (Å²) >= 11 is 0. The number of ether oxygens (including phenoxy) is 2. The molecule has 0 bridgehead atoms. The number of methoxy groups -OCH3 is 2. The molecule has 1 aliphatic carbocycles. The Bertz CT molecular complexity index is 426. The molecule has 0 radical (unpaired) electrons. The third-order valence-electron chi connectivity index (χ3n) is 3.10. The van der Waals surface area contributed by atoms with Crippen LogP contribution in [0.4, 0.5) is 0 Å². The number of oxazole rings is 1. The van der Waals surface area contributed by atoms with Gasteiger partial charge in [-0.1, -0.05) is 12.8 Å². The van der Waals surface area contributed by atoms with E-state index in [1.807, 2.05) is 0 Å². The summed E-state index contributed by atoms with van der Waals surface area (Å²) in [7, 11) is 2.45. The first-order valence-electron chi connectivity index (χ1n) is 5.84. The van der Waals surface area contributed by atoms with Gasteiger partial charge in [-0.05, 0) is 12.8 Å². The highest BCUT2D eigenvalue weighted by atomic mass is 16.5. The van der Waals surface area contributed by atoms with E-state index in [1.54, 1.807) is 0 Å². The van der Waals surface area contributed by atoms with E-state index in [4.69, 9.17) is 4.42 Å². The third-order valence-corrected chi connectivity index (χ3v) is 3.10. The Balaban J connectivity index is 2.36. The minimum absolute atomic E-state index is 0.105. The molecule has 0 N–H and O–H groups in total. The van der Waals surface area contributed by atoms with Crippen molar-refractivity contribution in [2.45, 2.75) is 31.6 Å². The summed E-state index contributed by atoms with van der Waals surface area (Å²) in [4.78, 5) is 27.1. The van der Waals surface area contributed by atoms with Gasteiger partial charge in [0.25, 0.3) is 0 Å². The van der Waals surface area contributed by atoms with E-state index < -0.39 is 11.9 Å². The van der Waals surface area contributed by atoms with Crippen LogP contribution in [0, 0.1) is 0 Å². The highest BCUT2D eigenvalue weighted by Crippen LogP contribution is 2.34. The zero-order valence-corrected chi connectivity index (χ0v) is 10.4. The lowest BCUT2D eigenvalue weighted by Crippen LogP contribution is -2.10. The molecule has 1 heterocycles. The zero-order chi connectivity index (χ0) is 13.1. The molecule has 0 atom stereocenters. The van der Waals surface area contributed by atoms with Gasteiger partial charge in [0.2, 0.25) is 11.5 Å². The number of nitrogens with zero attached hydrogens (tertiary/aromatic N) is 1. The molecule has 18 heavy (non-hydrogen) atoms. The molecule has 1 fully saturated rings. The number of carbonyl (C=O) groups is 2. The maximum atomic E-state index is 11.5. The van der Waals surface area contributed by atoms with E-state index in [0.717, 1.165) is 25.7 Å². The van der Waals surface area contributed by atoms with E-state index in [-0.39, 0.29) is 17.4 Å². The minimum atomic E-state index is -0.716. The summed E-state index contributed by atoms with van der Waals surface area (Å²) in [5.41, 5.74) is -0.105. The van der Waals surface area contributed by atoms with Crippen LogP contribution in [0.15, 0.2) is 4.42 Å². The lowest BCUT2D eigenvalue weighted by molar-refractivity contribution is 0.0525. The molecule has 0 amide bonds. The Morgan fingerprint density at radius 2 is 1.78 bits per heavy atom. The Kier molecular flexibility index (Phi) is 3.64. The molecule has 0 saturated heterocycles. The standard InChI is InChI=1S/C12H15NO5/c1-16-11(14)8-9(12(15)17-2)18-10(13-8)7-5-3-4-6-7/h7H,3-6H2,1-2H3. The quantitative estimate of drug-likeness (QED) is 0.765. The first kappa shape index (κ1) is 12.6. The van der Waals surface area contributed by atoms with Gasteiger partial charge in [0.1, 0.15) is 0 Å². The summed E-state index contributed by atoms with van der Waals surface area (Å²) in [6.07, 6.45) is 4.13. The lowest BCUT2D eigenvalue weighted by Gasteiger charge is -2.01. The van der Waals surface area contributed by atoms with Crippen LogP contribution >= 0.6 is 0 Å². The number of hydrogen-bond acceptors (Lipinski definition) is 6. The monoisotopic (exact) mass is 253 g/mol. The van der Waals surface area contributed by atoms with Crippen molar-refractivity contribution >= 4 is 11.9 Å². The SMILES string of the molecule is COC(=O)c1nc(C2CCCC2)oc1C(=O)OC. The molecule has 1 aliphatic rings. The molecule has 2 rings (SSSR count). The normalized spacial score (nSPS) is 15.7. The number of aromatic nitrogens is 1. The molecule has 6 nitrogen and oxygen atoms in total. The average Bonchev–Trinajstić information content (AvgIpc) is 3.04. The van der Waals surface area contributed by atoms with E-state index in [1.165, 1.54) is 14.2 Å². The van der Waals surface area contributed by atoms with Crippen LogP contribution in [0.5, 0.6) is 0 Å². The Morgan fingerprint density at radius 1 is 1.17 bits per heavy atom. The van der Waals surface area contributed by atoms with Crippen LogP contribution in [0.2, 0.25) is 0 Å². The second-order valence-corrected chi connectivity index (χ2v) is 4.19. The van der Waals surface area contributed by atoms with Crippen molar-refractivity contribution in [3.8, 4) is 0 Å². The summed E-state index contributed by atoms with van der Waals surface area (Å²) in [6.45, 7) is 0. The maximum absolute atomic E-state index is 11.5. The maximum Gasteiger partial charge on any atom is 0.376 e. The zero-order valence-electron chi connectivity index (χ0n) is 10.4. The van der Waals surface area contributed by atoms with Crippen LogP contribution < -0.4 is 0 Å². The molecule has 1 saturated carbocycles. The van der Waals surface area contributed by atoms with Crippen molar-refractivity contribution < 1.29 is 23.5 Å². The lowest BCUT2D eigenvalue weighted by atomic mass is 10.1. The highest BCUT2D eigenvalue weighted by Gasteiger charge is 2.30. The molecule has 6 heteroatoms. The first-order chi connectivity index (χ1) is 8.67. The fourth-order valence-electron chi connectivity index (χ4n) is 2.15. The molecular weight excluding hydrogens is 238 g/mol. The van der Waals surface area contributed by atoms with E-state index in [9.17, 15) is 9.59 Å². The Hall–Kier alpha value is -1.85. The van der Waals surface area contributed by atoms with Crippen molar-refractivity contribution in [3.63, 3.8) is 0 Å². The topological polar surface area (TPSA) is 78.6 Å². The second-order valence-electron chi connectivity index (χ2n) is 4.19. The van der Waals surface area contributed by atoms with Crippen LogP contribution in [0.25, 0.3) is 0 Å². The number of hydrogen-bond donors (Lipinski definition) is 0. The molecule has 1 aromatic rings. The Morgan fingerprint density at radius 3 is 2.33 bits per heavy atom. The average molecular weight is 253 g/mol.